The summed E-state index contributed by atoms with van der Waals surface area (Å²) < 4.78 is 3.46. The van der Waals surface area contributed by atoms with Gasteiger partial charge >= 0.3 is 6.03 Å². The molecule has 0 aliphatic heterocycles. The molecular weight excluding hydrogens is 330 g/mol. The molecule has 0 atom stereocenters. The lowest BCUT2D eigenvalue weighted by molar-refractivity contribution is 0.252. The first-order valence-corrected chi connectivity index (χ1v) is 8.47. The standard InChI is InChI=1S/C19H21N5O2/c25-18-5-1-2-12-23(18)13-3-10-20-19(26)22-17-8-6-16(7-9-17)15-24-14-4-11-21-24/h1-2,4-9,11-12,14H,3,10,13,15H2,(H2,20,22,26). The van der Waals surface area contributed by atoms with Gasteiger partial charge in [-0.2, -0.15) is 5.10 Å². The predicted octanol–water partition coefficient (Wildman–Crippen LogP) is 2.30. The van der Waals surface area contributed by atoms with Gasteiger partial charge in [0.1, 0.15) is 0 Å². The zero-order valence-electron chi connectivity index (χ0n) is 14.3. The summed E-state index contributed by atoms with van der Waals surface area (Å²) in [6, 6.07) is 14.3. The highest BCUT2D eigenvalue weighted by atomic mass is 16.2. The Kier molecular flexibility index (Phi) is 5.82. The minimum atomic E-state index is -0.259. The summed E-state index contributed by atoms with van der Waals surface area (Å²) in [7, 11) is 0. The number of carbonyl (C=O) groups is 1. The van der Waals surface area contributed by atoms with Crippen molar-refractivity contribution in [3.05, 3.63) is 83.0 Å². The number of urea groups is 1. The monoisotopic (exact) mass is 351 g/mol. The maximum absolute atomic E-state index is 11.9. The molecule has 0 fully saturated rings. The Bertz CT molecular complexity index is 885. The van der Waals surface area contributed by atoms with Crippen molar-refractivity contribution in [2.45, 2.75) is 19.5 Å². The number of hydrogen-bond donors (Lipinski definition) is 2. The van der Waals surface area contributed by atoms with Crippen LogP contribution in [0.25, 0.3) is 0 Å². The van der Waals surface area contributed by atoms with E-state index in [2.05, 4.69) is 15.7 Å². The molecule has 0 aliphatic rings. The lowest BCUT2D eigenvalue weighted by Crippen LogP contribution is -2.30. The van der Waals surface area contributed by atoms with Gasteiger partial charge in [-0.05, 0) is 36.2 Å². The SMILES string of the molecule is O=C(NCCCn1ccccc1=O)Nc1ccc(Cn2cccn2)cc1. The minimum Gasteiger partial charge on any atom is -0.338 e. The molecule has 7 nitrogen and oxygen atoms in total. The van der Waals surface area contributed by atoms with E-state index in [1.807, 2.05) is 47.3 Å². The number of rotatable bonds is 7. The number of nitrogens with zero attached hydrogens (tertiary/aromatic N) is 3. The van der Waals surface area contributed by atoms with Crippen LogP contribution in [-0.2, 0) is 13.1 Å². The van der Waals surface area contributed by atoms with E-state index < -0.39 is 0 Å². The maximum Gasteiger partial charge on any atom is 0.319 e. The summed E-state index contributed by atoms with van der Waals surface area (Å²) in [6.07, 6.45) is 6.07. The van der Waals surface area contributed by atoms with Crippen molar-refractivity contribution in [2.24, 2.45) is 0 Å². The average molecular weight is 351 g/mol. The Morgan fingerprint density at radius 2 is 1.88 bits per heavy atom. The Labute approximate surface area is 151 Å². The molecule has 0 unspecified atom stereocenters. The van der Waals surface area contributed by atoms with Crippen LogP contribution in [0.2, 0.25) is 0 Å². The molecule has 0 aliphatic carbocycles. The third kappa shape index (κ3) is 5.07. The number of pyridine rings is 1. The molecule has 2 aromatic heterocycles. The van der Waals surface area contributed by atoms with Crippen molar-refractivity contribution in [1.29, 1.82) is 0 Å². The van der Waals surface area contributed by atoms with Crippen LogP contribution in [-0.4, -0.2) is 26.9 Å². The van der Waals surface area contributed by atoms with E-state index >= 15 is 0 Å². The molecule has 0 saturated carbocycles. The zero-order valence-corrected chi connectivity index (χ0v) is 14.3. The van der Waals surface area contributed by atoms with Crippen LogP contribution in [0, 0.1) is 0 Å². The first kappa shape index (κ1) is 17.5. The Hall–Kier alpha value is -3.35. The number of aryl methyl sites for hydroxylation is 1. The van der Waals surface area contributed by atoms with Gasteiger partial charge in [0.05, 0.1) is 6.54 Å². The van der Waals surface area contributed by atoms with E-state index in [4.69, 9.17) is 0 Å². The van der Waals surface area contributed by atoms with Crippen molar-refractivity contribution < 1.29 is 4.79 Å². The molecule has 26 heavy (non-hydrogen) atoms. The van der Waals surface area contributed by atoms with E-state index in [0.29, 0.717) is 26.1 Å². The number of nitrogens with one attached hydrogen (secondary N) is 2. The molecule has 0 saturated heterocycles. The van der Waals surface area contributed by atoms with Crippen LogP contribution in [0.1, 0.15) is 12.0 Å². The van der Waals surface area contributed by atoms with Crippen molar-refractivity contribution in [3.8, 4) is 0 Å². The van der Waals surface area contributed by atoms with E-state index in [0.717, 1.165) is 11.3 Å². The molecule has 2 heterocycles. The minimum absolute atomic E-state index is 0.0350. The fraction of sp³-hybridized carbons (Fsp3) is 0.211. The molecule has 2 amide bonds. The normalized spacial score (nSPS) is 10.5. The Balaban J connectivity index is 1.40. The summed E-state index contributed by atoms with van der Waals surface area (Å²) in [5.74, 6) is 0. The van der Waals surface area contributed by atoms with Crippen molar-refractivity contribution in [2.75, 3.05) is 11.9 Å². The second-order valence-corrected chi connectivity index (χ2v) is 5.87. The highest BCUT2D eigenvalue weighted by molar-refractivity contribution is 5.89. The fourth-order valence-corrected chi connectivity index (χ4v) is 2.55. The van der Waals surface area contributed by atoms with E-state index in [-0.39, 0.29) is 11.6 Å². The Morgan fingerprint density at radius 3 is 2.62 bits per heavy atom. The van der Waals surface area contributed by atoms with Gasteiger partial charge in [0, 0.05) is 43.4 Å². The number of amides is 2. The summed E-state index contributed by atoms with van der Waals surface area (Å²) in [4.78, 5) is 23.5. The lowest BCUT2D eigenvalue weighted by atomic mass is 10.2. The summed E-state index contributed by atoms with van der Waals surface area (Å²) >= 11 is 0. The third-order valence-electron chi connectivity index (χ3n) is 3.88. The van der Waals surface area contributed by atoms with E-state index in [1.165, 1.54) is 6.07 Å². The number of benzene rings is 1. The maximum atomic E-state index is 11.9. The number of anilines is 1. The molecule has 3 rings (SSSR count). The van der Waals surface area contributed by atoms with Gasteiger partial charge in [0.2, 0.25) is 5.56 Å². The number of hydrogen-bond acceptors (Lipinski definition) is 3. The third-order valence-corrected chi connectivity index (χ3v) is 3.88. The van der Waals surface area contributed by atoms with Gasteiger partial charge in [-0.1, -0.05) is 18.2 Å². The lowest BCUT2D eigenvalue weighted by Gasteiger charge is -2.09. The van der Waals surface area contributed by atoms with Crippen LogP contribution in [0.15, 0.2) is 71.9 Å². The van der Waals surface area contributed by atoms with Crippen molar-refractivity contribution in [1.82, 2.24) is 19.7 Å². The summed E-state index contributed by atoms with van der Waals surface area (Å²) in [5.41, 5.74) is 1.80. The van der Waals surface area contributed by atoms with Gasteiger partial charge in [0.25, 0.3) is 0 Å². The van der Waals surface area contributed by atoms with Crippen LogP contribution >= 0.6 is 0 Å². The van der Waals surface area contributed by atoms with Crippen LogP contribution in [0.4, 0.5) is 10.5 Å². The van der Waals surface area contributed by atoms with Crippen molar-refractivity contribution in [3.63, 3.8) is 0 Å². The first-order chi connectivity index (χ1) is 12.7. The second kappa shape index (κ2) is 8.66. The summed E-state index contributed by atoms with van der Waals surface area (Å²) in [6.45, 7) is 1.75. The smallest absolute Gasteiger partial charge is 0.319 e. The first-order valence-electron chi connectivity index (χ1n) is 8.47. The van der Waals surface area contributed by atoms with E-state index in [9.17, 15) is 9.59 Å². The molecule has 1 aromatic carbocycles. The number of aromatic nitrogens is 3. The quantitative estimate of drug-likeness (QED) is 0.641. The van der Waals surface area contributed by atoms with Gasteiger partial charge in [-0.25, -0.2) is 4.79 Å². The molecule has 0 radical (unpaired) electrons. The van der Waals surface area contributed by atoms with Gasteiger partial charge in [0.15, 0.2) is 0 Å². The van der Waals surface area contributed by atoms with Crippen molar-refractivity contribution >= 4 is 11.7 Å². The van der Waals surface area contributed by atoms with Crippen LogP contribution in [0.5, 0.6) is 0 Å². The molecule has 2 N–H and O–H groups in total. The van der Waals surface area contributed by atoms with E-state index in [1.54, 1.807) is 23.0 Å². The zero-order chi connectivity index (χ0) is 18.2. The summed E-state index contributed by atoms with van der Waals surface area (Å²) in [5, 5.41) is 9.76. The highest BCUT2D eigenvalue weighted by Crippen LogP contribution is 2.10. The topological polar surface area (TPSA) is 81.0 Å². The van der Waals surface area contributed by atoms with Gasteiger partial charge < -0.3 is 15.2 Å². The van der Waals surface area contributed by atoms with Gasteiger partial charge in [-0.15, -0.1) is 0 Å². The van der Waals surface area contributed by atoms with Crippen LogP contribution in [0.3, 0.4) is 0 Å². The molecule has 0 spiro atoms. The molecule has 134 valence electrons. The molecule has 7 heteroatoms. The average Bonchev–Trinajstić information content (AvgIpc) is 3.15. The predicted molar refractivity (Wildman–Crippen MR) is 100 cm³/mol. The van der Waals surface area contributed by atoms with Crippen LogP contribution < -0.4 is 16.2 Å². The molecule has 3 aromatic rings. The largest absolute Gasteiger partial charge is 0.338 e. The number of carbonyl (C=O) groups excluding carboxylic acids is 1. The highest BCUT2D eigenvalue weighted by Gasteiger charge is 2.02. The molecular formula is C19H21N5O2. The second-order valence-electron chi connectivity index (χ2n) is 5.87. The molecule has 0 bridgehead atoms. The fourth-order valence-electron chi connectivity index (χ4n) is 2.55. The van der Waals surface area contributed by atoms with Gasteiger partial charge in [-0.3, -0.25) is 9.48 Å². The Morgan fingerprint density at radius 1 is 1.04 bits per heavy atom.